The molecule has 0 radical (unpaired) electrons. The van der Waals surface area contributed by atoms with Crippen LogP contribution < -0.4 is 0 Å². The summed E-state index contributed by atoms with van der Waals surface area (Å²) < 4.78 is 6.16. The molecule has 0 spiro atoms. The Balaban J connectivity index is 1.86. The molecule has 0 atom stereocenters. The minimum Gasteiger partial charge on any atom is -0.480 e. The lowest BCUT2D eigenvalue weighted by Crippen LogP contribution is -2.36. The molecule has 3 rings (SSSR count). The Kier molecular flexibility index (Phi) is 4.99. The smallest absolute Gasteiger partial charge is 0.323 e. The van der Waals surface area contributed by atoms with E-state index in [1.54, 1.807) is 0 Å². The van der Waals surface area contributed by atoms with Crippen molar-refractivity contribution < 1.29 is 19.2 Å². The van der Waals surface area contributed by atoms with Crippen molar-refractivity contribution in [1.82, 2.24) is 10.1 Å². The van der Waals surface area contributed by atoms with Crippen molar-refractivity contribution in [2.24, 2.45) is 0 Å². The molecule has 0 unspecified atom stereocenters. The van der Waals surface area contributed by atoms with Crippen LogP contribution in [0.15, 0.2) is 33.3 Å². The molecular weight excluding hydrogens is 376 g/mol. The topological polar surface area (TPSA) is 83.6 Å². The molecule has 1 aliphatic rings. The molecule has 7 heteroatoms. The average Bonchev–Trinajstić information content (AvgIpc) is 2.97. The number of aryl methyl sites for hydroxylation is 1. The number of carbonyl (C=O) groups is 2. The van der Waals surface area contributed by atoms with E-state index in [2.05, 4.69) is 21.1 Å². The van der Waals surface area contributed by atoms with Crippen LogP contribution in [0.1, 0.15) is 40.2 Å². The van der Waals surface area contributed by atoms with Crippen LogP contribution in [-0.2, 0) is 24.2 Å². The molecule has 1 amide bonds. The fourth-order valence-corrected chi connectivity index (χ4v) is 3.37. The molecular formula is C17H17BrN2O4. The SMILES string of the molecule is O=C(O)CN(Cc1cccc(Br)c1)C(=O)c1noc2c1CCCC2. The molecule has 1 aromatic carbocycles. The van der Waals surface area contributed by atoms with E-state index in [9.17, 15) is 9.59 Å². The van der Waals surface area contributed by atoms with Gasteiger partial charge in [0.15, 0.2) is 5.69 Å². The Morgan fingerprint density at radius 2 is 2.08 bits per heavy atom. The summed E-state index contributed by atoms with van der Waals surface area (Å²) in [5.74, 6) is -0.706. The summed E-state index contributed by atoms with van der Waals surface area (Å²) in [5.41, 5.74) is 1.92. The maximum atomic E-state index is 12.8. The van der Waals surface area contributed by atoms with E-state index in [1.165, 1.54) is 4.90 Å². The van der Waals surface area contributed by atoms with Crippen molar-refractivity contribution in [2.75, 3.05) is 6.54 Å². The maximum Gasteiger partial charge on any atom is 0.323 e. The number of carbonyl (C=O) groups excluding carboxylic acids is 1. The molecule has 1 N–H and O–H groups in total. The van der Waals surface area contributed by atoms with E-state index < -0.39 is 11.9 Å². The van der Waals surface area contributed by atoms with E-state index in [0.29, 0.717) is 0 Å². The zero-order chi connectivity index (χ0) is 17.1. The predicted molar refractivity (Wildman–Crippen MR) is 89.7 cm³/mol. The minimum absolute atomic E-state index is 0.201. The lowest BCUT2D eigenvalue weighted by Gasteiger charge is -2.20. The third-order valence-electron chi connectivity index (χ3n) is 4.03. The van der Waals surface area contributed by atoms with Crippen LogP contribution >= 0.6 is 15.9 Å². The summed E-state index contributed by atoms with van der Waals surface area (Å²) in [6, 6.07) is 7.44. The van der Waals surface area contributed by atoms with Crippen molar-refractivity contribution in [1.29, 1.82) is 0 Å². The highest BCUT2D eigenvalue weighted by Gasteiger charge is 2.28. The number of halogens is 1. The fraction of sp³-hybridized carbons (Fsp3) is 0.353. The minimum atomic E-state index is -1.06. The normalized spacial score (nSPS) is 13.4. The number of fused-ring (bicyclic) bond motifs is 1. The van der Waals surface area contributed by atoms with Crippen molar-refractivity contribution in [2.45, 2.75) is 32.2 Å². The number of hydrogen-bond donors (Lipinski definition) is 1. The van der Waals surface area contributed by atoms with Gasteiger partial charge in [-0.25, -0.2) is 0 Å². The lowest BCUT2D eigenvalue weighted by molar-refractivity contribution is -0.137. The Labute approximate surface area is 147 Å². The van der Waals surface area contributed by atoms with Crippen molar-refractivity contribution >= 4 is 27.8 Å². The van der Waals surface area contributed by atoms with E-state index in [-0.39, 0.29) is 18.8 Å². The third-order valence-corrected chi connectivity index (χ3v) is 4.52. The Bertz CT molecular complexity index is 772. The molecule has 1 aliphatic carbocycles. The number of hydrogen-bond acceptors (Lipinski definition) is 4. The summed E-state index contributed by atoms with van der Waals surface area (Å²) in [4.78, 5) is 25.3. The van der Waals surface area contributed by atoms with E-state index >= 15 is 0 Å². The number of benzene rings is 1. The van der Waals surface area contributed by atoms with Crippen LogP contribution in [0.4, 0.5) is 0 Å². The van der Waals surface area contributed by atoms with Crippen molar-refractivity contribution in [3.05, 3.63) is 51.3 Å². The molecule has 0 saturated heterocycles. The summed E-state index contributed by atoms with van der Waals surface area (Å²) in [6.07, 6.45) is 3.53. The monoisotopic (exact) mass is 392 g/mol. The standard InChI is InChI=1S/C17H17BrN2O4/c18-12-5-3-4-11(8-12)9-20(10-15(21)22)17(23)16-13-6-1-2-7-14(13)24-19-16/h3-5,8H,1-2,6-7,9-10H2,(H,21,22). The number of aromatic nitrogens is 1. The number of aliphatic carboxylic acids is 1. The van der Waals surface area contributed by atoms with Gasteiger partial charge in [-0.2, -0.15) is 0 Å². The van der Waals surface area contributed by atoms with Crippen LogP contribution in [0, 0.1) is 0 Å². The van der Waals surface area contributed by atoms with E-state index in [4.69, 9.17) is 9.63 Å². The maximum absolute atomic E-state index is 12.8. The Hall–Kier alpha value is -2.15. The quantitative estimate of drug-likeness (QED) is 0.844. The molecule has 1 aromatic heterocycles. The first kappa shape index (κ1) is 16.7. The second kappa shape index (κ2) is 7.17. The highest BCUT2D eigenvalue weighted by atomic mass is 79.9. The Morgan fingerprint density at radius 1 is 1.29 bits per heavy atom. The van der Waals surface area contributed by atoms with Gasteiger partial charge >= 0.3 is 5.97 Å². The zero-order valence-corrected chi connectivity index (χ0v) is 14.6. The van der Waals surface area contributed by atoms with Gasteiger partial charge in [0.25, 0.3) is 5.91 Å². The fourth-order valence-electron chi connectivity index (χ4n) is 2.92. The molecule has 0 aliphatic heterocycles. The predicted octanol–water partition coefficient (Wildman–Crippen LogP) is 3.04. The summed E-state index contributed by atoms with van der Waals surface area (Å²) >= 11 is 3.38. The first-order chi connectivity index (χ1) is 11.5. The summed E-state index contributed by atoms with van der Waals surface area (Å²) in [6.45, 7) is -0.181. The molecule has 2 aromatic rings. The number of carboxylic acids is 1. The first-order valence-corrected chi connectivity index (χ1v) is 8.57. The second-order valence-corrected chi connectivity index (χ2v) is 6.74. The van der Waals surface area contributed by atoms with Gasteiger partial charge in [0.05, 0.1) is 0 Å². The van der Waals surface area contributed by atoms with Gasteiger partial charge in [0.1, 0.15) is 12.3 Å². The van der Waals surface area contributed by atoms with E-state index in [1.807, 2.05) is 24.3 Å². The molecule has 0 fully saturated rings. The van der Waals surface area contributed by atoms with Gasteiger partial charge in [-0.1, -0.05) is 33.2 Å². The van der Waals surface area contributed by atoms with Crippen LogP contribution in [0.25, 0.3) is 0 Å². The van der Waals surface area contributed by atoms with Crippen molar-refractivity contribution in [3.8, 4) is 0 Å². The molecule has 0 saturated carbocycles. The molecule has 24 heavy (non-hydrogen) atoms. The van der Waals surface area contributed by atoms with Crippen molar-refractivity contribution in [3.63, 3.8) is 0 Å². The highest BCUT2D eigenvalue weighted by molar-refractivity contribution is 9.10. The highest BCUT2D eigenvalue weighted by Crippen LogP contribution is 2.25. The summed E-state index contributed by atoms with van der Waals surface area (Å²) in [7, 11) is 0. The number of nitrogens with zero attached hydrogens (tertiary/aromatic N) is 2. The second-order valence-electron chi connectivity index (χ2n) is 5.82. The van der Waals surface area contributed by atoms with Gasteiger partial charge in [0, 0.05) is 23.0 Å². The molecule has 0 bridgehead atoms. The zero-order valence-electron chi connectivity index (χ0n) is 13.0. The van der Waals surface area contributed by atoms with Gasteiger partial charge in [-0.15, -0.1) is 0 Å². The lowest BCUT2D eigenvalue weighted by atomic mass is 9.96. The van der Waals surface area contributed by atoms with Gasteiger partial charge in [0.2, 0.25) is 0 Å². The van der Waals surface area contributed by atoms with E-state index in [0.717, 1.165) is 47.0 Å². The number of rotatable bonds is 5. The molecule has 126 valence electrons. The summed E-state index contributed by atoms with van der Waals surface area (Å²) in [5, 5.41) is 13.1. The average molecular weight is 393 g/mol. The number of amides is 1. The largest absolute Gasteiger partial charge is 0.480 e. The van der Waals surface area contributed by atoms with Crippen LogP contribution in [0.2, 0.25) is 0 Å². The van der Waals surface area contributed by atoms with Crippen LogP contribution in [-0.4, -0.2) is 33.6 Å². The number of carboxylic acid groups (broad SMARTS) is 1. The van der Waals surface area contributed by atoms with Crippen LogP contribution in [0.5, 0.6) is 0 Å². The van der Waals surface area contributed by atoms with Gasteiger partial charge in [-0.3, -0.25) is 9.59 Å². The third kappa shape index (κ3) is 3.67. The van der Waals surface area contributed by atoms with Crippen LogP contribution in [0.3, 0.4) is 0 Å². The molecule has 6 nitrogen and oxygen atoms in total. The molecule has 1 heterocycles. The first-order valence-electron chi connectivity index (χ1n) is 7.77. The van der Waals surface area contributed by atoms with Gasteiger partial charge < -0.3 is 14.5 Å². The van der Waals surface area contributed by atoms with Gasteiger partial charge in [-0.05, 0) is 37.0 Å². The Morgan fingerprint density at radius 3 is 2.83 bits per heavy atom.